The first-order valence-electron chi connectivity index (χ1n) is 19.6. The maximum absolute atomic E-state index is 11.6. The van der Waals surface area contributed by atoms with E-state index in [1.165, 1.54) is 60.8 Å². The van der Waals surface area contributed by atoms with Crippen LogP contribution < -0.4 is 19.5 Å². The molecule has 3 aliphatic rings. The van der Waals surface area contributed by atoms with Crippen LogP contribution in [0.4, 0.5) is 0 Å². The number of aliphatic hydroxyl groups is 5. The van der Waals surface area contributed by atoms with E-state index in [2.05, 4.69) is 5.32 Å². The number of aryl methyl sites for hydroxylation is 1. The largest absolute Gasteiger partial charge is 0.504 e. The Hall–Kier alpha value is -2.14. The van der Waals surface area contributed by atoms with E-state index in [4.69, 9.17) is 18.9 Å². The fraction of sp³-hybridized carbons (Fsp3) is 0.700. The Morgan fingerprint density at radius 2 is 1.57 bits per heavy atom. The highest BCUT2D eigenvalue weighted by molar-refractivity contribution is 8.76. The molecule has 54 heavy (non-hydrogen) atoms. The second-order valence-electron chi connectivity index (χ2n) is 15.0. The van der Waals surface area contributed by atoms with E-state index in [0.717, 1.165) is 43.4 Å². The number of methoxy groups -OCH3 is 1. The van der Waals surface area contributed by atoms with Gasteiger partial charge in [0.2, 0.25) is 5.75 Å². The third-order valence-corrected chi connectivity index (χ3v) is 14.2. The number of ether oxygens (including phenoxy) is 4. The van der Waals surface area contributed by atoms with Gasteiger partial charge in [0.25, 0.3) is 0 Å². The molecular weight excluding hydrogens is 735 g/mol. The Morgan fingerprint density at radius 3 is 2.28 bits per heavy atom. The van der Waals surface area contributed by atoms with Gasteiger partial charge in [0.1, 0.15) is 6.79 Å². The van der Waals surface area contributed by atoms with Crippen molar-refractivity contribution in [3.8, 4) is 28.7 Å². The molecule has 14 heteroatoms. The number of hydrogen-bond acceptors (Lipinski definition) is 14. The maximum atomic E-state index is 11.6. The third kappa shape index (κ3) is 12.2. The summed E-state index contributed by atoms with van der Waals surface area (Å²) in [5.41, 5.74) is 2.41. The van der Waals surface area contributed by atoms with Gasteiger partial charge in [-0.1, -0.05) is 40.9 Å². The van der Waals surface area contributed by atoms with Crippen LogP contribution in [0.25, 0.3) is 0 Å². The average molecular weight is 796 g/mol. The van der Waals surface area contributed by atoms with Crippen LogP contribution in [0, 0.1) is 11.8 Å². The van der Waals surface area contributed by atoms with E-state index in [0.29, 0.717) is 42.5 Å². The van der Waals surface area contributed by atoms with Gasteiger partial charge in [0.05, 0.1) is 31.5 Å². The summed E-state index contributed by atoms with van der Waals surface area (Å²) in [5.74, 6) is 0.561. The number of hydrogen-bond donors (Lipinski definition) is 8. The molecule has 304 valence electrons. The van der Waals surface area contributed by atoms with Gasteiger partial charge in [-0.3, -0.25) is 0 Å². The Bertz CT molecular complexity index is 1420. The van der Waals surface area contributed by atoms with Crippen molar-refractivity contribution in [3.63, 3.8) is 0 Å². The van der Waals surface area contributed by atoms with E-state index < -0.39 is 37.8 Å². The van der Waals surface area contributed by atoms with Gasteiger partial charge in [-0.2, -0.15) is 0 Å². The fourth-order valence-electron chi connectivity index (χ4n) is 8.22. The van der Waals surface area contributed by atoms with Gasteiger partial charge in [-0.05, 0) is 124 Å². The van der Waals surface area contributed by atoms with Crippen LogP contribution in [0.5, 0.6) is 28.7 Å². The van der Waals surface area contributed by atoms with Gasteiger partial charge in [0, 0.05) is 29.6 Å². The van der Waals surface area contributed by atoms with E-state index >= 15 is 0 Å². The Kier molecular flexibility index (Phi) is 17.5. The lowest BCUT2D eigenvalue weighted by Crippen LogP contribution is -2.38. The minimum atomic E-state index is -1.04. The molecule has 2 aromatic carbocycles. The van der Waals surface area contributed by atoms with Gasteiger partial charge >= 0.3 is 0 Å². The first-order valence-corrected chi connectivity index (χ1v) is 22.0. The molecular formula is C40H61NO11S2. The summed E-state index contributed by atoms with van der Waals surface area (Å²) in [6, 6.07) is 7.45. The number of fused-ring (bicyclic) bond motifs is 1. The second-order valence-corrected chi connectivity index (χ2v) is 17.6. The molecule has 0 spiro atoms. The molecule has 5 atom stereocenters. The van der Waals surface area contributed by atoms with Gasteiger partial charge in [0.15, 0.2) is 29.8 Å². The minimum absolute atomic E-state index is 0.00618. The number of benzene rings is 2. The van der Waals surface area contributed by atoms with Crippen LogP contribution in [0.2, 0.25) is 0 Å². The quantitative estimate of drug-likeness (QED) is 0.0902. The standard InChI is InChI=1S/C40H61NO11S2/c1-49-37-16-26(17-38(40(37)48)51-24-44)15-32-33(45)19-30(50-23-43)12-9-27-18-36(34(46)20-31(27)39(13-14-42)54-53-22-35(32)47)52-29-10-7-25(8-11-29)21-41-28-5-3-2-4-6-28/h16-18,20,25,28-30,32-33,35,39,41-48H,2-15,19,21-24H2,1H3/t25?,29?,30-,32+,33+,35-,39-/m0/s1. The van der Waals surface area contributed by atoms with Gasteiger partial charge < -0.3 is 60.0 Å². The van der Waals surface area contributed by atoms with E-state index in [-0.39, 0.29) is 59.6 Å². The predicted molar refractivity (Wildman–Crippen MR) is 210 cm³/mol. The van der Waals surface area contributed by atoms with Crippen LogP contribution in [-0.2, 0) is 17.6 Å². The van der Waals surface area contributed by atoms with Crippen LogP contribution in [-0.4, -0.2) is 106 Å². The highest BCUT2D eigenvalue weighted by Crippen LogP contribution is 2.47. The van der Waals surface area contributed by atoms with E-state index in [1.807, 2.05) is 6.07 Å². The number of aromatic hydroxyl groups is 2. The highest BCUT2D eigenvalue weighted by atomic mass is 33.1. The molecule has 0 radical (unpaired) electrons. The SMILES string of the molecule is COc1cc(C[C@@H]2[C@H](O)C[C@@H](OCO)CCc3cc(OC4CCC(CNC5CCCCC5)CC4)c(O)cc3[C@H](CCO)SSC[C@@H]2O)cc(OCO)c1O. The number of phenolic OH excluding ortho intramolecular Hbond substituents is 2. The topological polar surface area (TPSA) is 191 Å². The smallest absolute Gasteiger partial charge is 0.200 e. The van der Waals surface area contributed by atoms with E-state index in [9.17, 15) is 35.7 Å². The van der Waals surface area contributed by atoms with Crippen LogP contribution in [0.3, 0.4) is 0 Å². The zero-order valence-electron chi connectivity index (χ0n) is 31.4. The van der Waals surface area contributed by atoms with Gasteiger partial charge in [-0.15, -0.1) is 0 Å². The lowest BCUT2D eigenvalue weighted by atomic mass is 9.85. The first kappa shape index (κ1) is 43.0. The molecule has 2 aliphatic carbocycles. The molecule has 2 fully saturated rings. The molecule has 0 bridgehead atoms. The first-order chi connectivity index (χ1) is 26.2. The Morgan fingerprint density at radius 1 is 0.815 bits per heavy atom. The predicted octanol–water partition coefficient (Wildman–Crippen LogP) is 5.35. The maximum Gasteiger partial charge on any atom is 0.200 e. The Labute approximate surface area is 327 Å². The van der Waals surface area contributed by atoms with Crippen molar-refractivity contribution in [1.82, 2.24) is 5.32 Å². The lowest BCUT2D eigenvalue weighted by molar-refractivity contribution is -0.0808. The molecule has 1 heterocycles. The van der Waals surface area contributed by atoms with Crippen molar-refractivity contribution in [2.45, 2.75) is 126 Å². The normalized spacial score (nSPS) is 27.6. The van der Waals surface area contributed by atoms with Crippen molar-refractivity contribution >= 4 is 21.6 Å². The summed E-state index contributed by atoms with van der Waals surface area (Å²) in [4.78, 5) is 0. The van der Waals surface area contributed by atoms with Crippen LogP contribution in [0.1, 0.15) is 99.0 Å². The Balaban J connectivity index is 1.31. The number of nitrogens with one attached hydrogen (secondary N) is 1. The lowest BCUT2D eigenvalue weighted by Gasteiger charge is -2.31. The zero-order valence-corrected chi connectivity index (χ0v) is 33.1. The van der Waals surface area contributed by atoms with E-state index in [1.54, 1.807) is 18.2 Å². The summed E-state index contributed by atoms with van der Waals surface area (Å²) >= 11 is 0. The highest BCUT2D eigenvalue weighted by Gasteiger charge is 2.33. The molecule has 2 aromatic rings. The van der Waals surface area contributed by atoms with Gasteiger partial charge in [-0.25, -0.2) is 0 Å². The zero-order chi connectivity index (χ0) is 38.5. The molecule has 0 unspecified atom stereocenters. The summed E-state index contributed by atoms with van der Waals surface area (Å²) in [5, 5.41) is 77.8. The average Bonchev–Trinajstić information content (AvgIpc) is 3.18. The van der Waals surface area contributed by atoms with Crippen molar-refractivity contribution in [3.05, 3.63) is 41.0 Å². The second kappa shape index (κ2) is 22.0. The van der Waals surface area contributed by atoms with Crippen molar-refractivity contribution < 1.29 is 54.7 Å². The number of phenols is 2. The molecule has 0 saturated heterocycles. The molecule has 0 amide bonds. The summed E-state index contributed by atoms with van der Waals surface area (Å²) in [6.07, 6.45) is 9.66. The molecule has 2 saturated carbocycles. The van der Waals surface area contributed by atoms with Crippen LogP contribution in [0.15, 0.2) is 24.3 Å². The minimum Gasteiger partial charge on any atom is -0.504 e. The van der Waals surface area contributed by atoms with Crippen molar-refractivity contribution in [1.29, 1.82) is 0 Å². The van der Waals surface area contributed by atoms with Crippen molar-refractivity contribution in [2.24, 2.45) is 11.8 Å². The van der Waals surface area contributed by atoms with Crippen molar-refractivity contribution in [2.75, 3.05) is 39.6 Å². The number of aliphatic hydroxyl groups excluding tert-OH is 5. The summed E-state index contributed by atoms with van der Waals surface area (Å²) in [7, 11) is 4.32. The molecule has 0 aromatic heterocycles. The summed E-state index contributed by atoms with van der Waals surface area (Å²) < 4.78 is 22.7. The third-order valence-electron chi connectivity index (χ3n) is 11.3. The van der Waals surface area contributed by atoms with Crippen LogP contribution >= 0.6 is 21.6 Å². The molecule has 1 aliphatic heterocycles. The summed E-state index contributed by atoms with van der Waals surface area (Å²) in [6.45, 7) is -0.226. The molecule has 5 rings (SSSR count). The number of rotatable bonds is 14. The fourth-order valence-corrected chi connectivity index (χ4v) is 11.1. The molecule has 12 nitrogen and oxygen atoms in total. The molecule has 8 N–H and O–H groups in total. The monoisotopic (exact) mass is 795 g/mol.